The van der Waals surface area contributed by atoms with Gasteiger partial charge in [-0.25, -0.2) is 8.42 Å². The van der Waals surface area contributed by atoms with E-state index in [2.05, 4.69) is 4.90 Å². The van der Waals surface area contributed by atoms with Crippen LogP contribution in [-0.4, -0.2) is 81.9 Å². The number of amides is 1. The first-order chi connectivity index (χ1) is 12.9. The maximum atomic E-state index is 13.1. The summed E-state index contributed by atoms with van der Waals surface area (Å²) >= 11 is 0. The number of sulfonamides is 1. The zero-order valence-electron chi connectivity index (χ0n) is 16.2. The van der Waals surface area contributed by atoms with Crippen LogP contribution >= 0.6 is 0 Å². The van der Waals surface area contributed by atoms with E-state index in [1.54, 1.807) is 6.07 Å². The van der Waals surface area contributed by atoms with Crippen LogP contribution in [0.1, 0.15) is 36.0 Å². The fourth-order valence-electron chi connectivity index (χ4n) is 3.64. The summed E-state index contributed by atoms with van der Waals surface area (Å²) in [6.45, 7) is 3.74. The Morgan fingerprint density at radius 2 is 1.59 bits per heavy atom. The Hall–Kier alpha value is -1.64. The largest absolute Gasteiger partial charge is 0.496 e. The van der Waals surface area contributed by atoms with Gasteiger partial charge in [0, 0.05) is 39.3 Å². The van der Waals surface area contributed by atoms with E-state index in [4.69, 9.17) is 4.74 Å². The van der Waals surface area contributed by atoms with Crippen LogP contribution in [0.2, 0.25) is 0 Å². The molecule has 0 aliphatic carbocycles. The highest BCUT2D eigenvalue weighted by Gasteiger charge is 2.29. The van der Waals surface area contributed by atoms with Crippen LogP contribution in [-0.2, 0) is 10.0 Å². The molecule has 27 heavy (non-hydrogen) atoms. The van der Waals surface area contributed by atoms with Gasteiger partial charge >= 0.3 is 0 Å². The third-order valence-electron chi connectivity index (χ3n) is 5.39. The van der Waals surface area contributed by atoms with Crippen molar-refractivity contribution >= 4 is 15.9 Å². The normalized spacial score (nSPS) is 20.3. The molecule has 2 saturated heterocycles. The van der Waals surface area contributed by atoms with E-state index in [1.807, 2.05) is 11.9 Å². The Balaban J connectivity index is 1.89. The Bertz CT molecular complexity index is 765. The number of benzene rings is 1. The van der Waals surface area contributed by atoms with Crippen LogP contribution in [0.4, 0.5) is 0 Å². The van der Waals surface area contributed by atoms with E-state index in [1.165, 1.54) is 23.5 Å². The molecule has 0 spiro atoms. The number of methoxy groups -OCH3 is 1. The lowest BCUT2D eigenvalue weighted by molar-refractivity contribution is 0.0758. The molecule has 3 rings (SSSR count). The Morgan fingerprint density at radius 1 is 0.963 bits per heavy atom. The first kappa shape index (κ1) is 20.1. The molecule has 0 saturated carbocycles. The highest BCUT2D eigenvalue weighted by molar-refractivity contribution is 7.89. The standard InChI is InChI=1S/C19H29N3O4S/c1-20-11-13-22(14-12-20)27(24,25)16-7-8-18(26-2)17(15-16)19(23)21-9-5-3-4-6-10-21/h7-8,15H,3-6,9-14H2,1-2H3. The van der Waals surface area contributed by atoms with Crippen molar-refractivity contribution in [1.82, 2.24) is 14.1 Å². The van der Waals surface area contributed by atoms with Crippen molar-refractivity contribution in [2.24, 2.45) is 0 Å². The van der Waals surface area contributed by atoms with Gasteiger partial charge in [-0.05, 0) is 38.1 Å². The summed E-state index contributed by atoms with van der Waals surface area (Å²) in [5.41, 5.74) is 0.328. The first-order valence-corrected chi connectivity index (χ1v) is 11.0. The maximum absolute atomic E-state index is 13.1. The molecule has 0 atom stereocenters. The molecule has 0 radical (unpaired) electrons. The van der Waals surface area contributed by atoms with E-state index in [9.17, 15) is 13.2 Å². The van der Waals surface area contributed by atoms with Gasteiger partial charge in [-0.3, -0.25) is 4.79 Å². The summed E-state index contributed by atoms with van der Waals surface area (Å²) < 4.78 is 32.9. The molecule has 1 amide bonds. The summed E-state index contributed by atoms with van der Waals surface area (Å²) in [5.74, 6) is 0.269. The number of nitrogens with zero attached hydrogens (tertiary/aromatic N) is 3. The molecule has 1 aromatic rings. The first-order valence-electron chi connectivity index (χ1n) is 9.59. The zero-order chi connectivity index (χ0) is 19.4. The molecule has 2 aliphatic rings. The average molecular weight is 396 g/mol. The monoisotopic (exact) mass is 395 g/mol. The number of likely N-dealkylation sites (tertiary alicyclic amines) is 1. The van der Waals surface area contributed by atoms with Crippen LogP contribution < -0.4 is 4.74 Å². The van der Waals surface area contributed by atoms with Crippen LogP contribution in [0.3, 0.4) is 0 Å². The minimum absolute atomic E-state index is 0.149. The lowest BCUT2D eigenvalue weighted by atomic mass is 10.1. The van der Waals surface area contributed by atoms with Crippen molar-refractivity contribution in [1.29, 1.82) is 0 Å². The van der Waals surface area contributed by atoms with Crippen molar-refractivity contribution in [3.63, 3.8) is 0 Å². The van der Waals surface area contributed by atoms with Gasteiger partial charge in [0.25, 0.3) is 5.91 Å². The lowest BCUT2D eigenvalue weighted by Crippen LogP contribution is -2.47. The summed E-state index contributed by atoms with van der Waals surface area (Å²) in [5, 5.41) is 0. The predicted molar refractivity (Wildman–Crippen MR) is 104 cm³/mol. The van der Waals surface area contributed by atoms with Gasteiger partial charge in [-0.15, -0.1) is 0 Å². The summed E-state index contributed by atoms with van der Waals surface area (Å²) in [7, 11) is -0.139. The Morgan fingerprint density at radius 3 is 2.19 bits per heavy atom. The van der Waals surface area contributed by atoms with Crippen LogP contribution in [0.25, 0.3) is 0 Å². The van der Waals surface area contributed by atoms with E-state index in [0.29, 0.717) is 50.6 Å². The third-order valence-corrected chi connectivity index (χ3v) is 7.29. The van der Waals surface area contributed by atoms with E-state index >= 15 is 0 Å². The number of rotatable bonds is 4. The zero-order valence-corrected chi connectivity index (χ0v) is 17.0. The minimum Gasteiger partial charge on any atom is -0.496 e. The molecule has 2 aliphatic heterocycles. The fourth-order valence-corrected chi connectivity index (χ4v) is 5.09. The highest BCUT2D eigenvalue weighted by Crippen LogP contribution is 2.27. The molecule has 0 aromatic heterocycles. The van der Waals surface area contributed by atoms with E-state index in [-0.39, 0.29) is 10.8 Å². The van der Waals surface area contributed by atoms with Crippen molar-refractivity contribution < 1.29 is 17.9 Å². The second-order valence-corrected chi connectivity index (χ2v) is 9.21. The van der Waals surface area contributed by atoms with Crippen LogP contribution in [0.5, 0.6) is 5.75 Å². The topological polar surface area (TPSA) is 70.2 Å². The number of hydrogen-bond donors (Lipinski definition) is 0. The molecule has 2 heterocycles. The van der Waals surface area contributed by atoms with Crippen molar-refractivity contribution in [3.8, 4) is 5.75 Å². The van der Waals surface area contributed by atoms with E-state index in [0.717, 1.165) is 25.7 Å². The number of hydrogen-bond acceptors (Lipinski definition) is 5. The van der Waals surface area contributed by atoms with Crippen molar-refractivity contribution in [2.45, 2.75) is 30.6 Å². The molecular formula is C19H29N3O4S. The van der Waals surface area contributed by atoms with Gasteiger partial charge < -0.3 is 14.5 Å². The Kier molecular flexibility index (Phi) is 6.39. The summed E-state index contributed by atoms with van der Waals surface area (Å²) in [4.78, 5) is 17.1. The number of likely N-dealkylation sites (N-methyl/N-ethyl adjacent to an activating group) is 1. The van der Waals surface area contributed by atoms with Gasteiger partial charge in [0.2, 0.25) is 10.0 Å². The Labute approximate surface area is 161 Å². The number of ether oxygens (including phenoxy) is 1. The average Bonchev–Trinajstić information content (AvgIpc) is 2.96. The number of carbonyl (C=O) groups is 1. The smallest absolute Gasteiger partial charge is 0.257 e. The molecule has 2 fully saturated rings. The predicted octanol–water partition coefficient (Wildman–Crippen LogP) is 1.65. The molecule has 150 valence electrons. The second kappa shape index (κ2) is 8.58. The molecule has 0 N–H and O–H groups in total. The molecule has 1 aromatic carbocycles. The third kappa shape index (κ3) is 4.44. The van der Waals surface area contributed by atoms with Crippen molar-refractivity contribution in [3.05, 3.63) is 23.8 Å². The maximum Gasteiger partial charge on any atom is 0.257 e. The van der Waals surface area contributed by atoms with Crippen LogP contribution in [0, 0.1) is 0 Å². The second-order valence-electron chi connectivity index (χ2n) is 7.28. The molecule has 7 nitrogen and oxygen atoms in total. The SMILES string of the molecule is COc1ccc(S(=O)(=O)N2CCN(C)CC2)cc1C(=O)N1CCCCCC1. The van der Waals surface area contributed by atoms with Crippen molar-refractivity contribution in [2.75, 3.05) is 53.4 Å². The highest BCUT2D eigenvalue weighted by atomic mass is 32.2. The van der Waals surface area contributed by atoms with Gasteiger partial charge in [0.15, 0.2) is 0 Å². The van der Waals surface area contributed by atoms with E-state index < -0.39 is 10.0 Å². The molecular weight excluding hydrogens is 366 g/mol. The molecule has 0 bridgehead atoms. The number of piperazine rings is 1. The van der Waals surface area contributed by atoms with Gasteiger partial charge in [0.1, 0.15) is 5.75 Å². The van der Waals surface area contributed by atoms with Crippen LogP contribution in [0.15, 0.2) is 23.1 Å². The lowest BCUT2D eigenvalue weighted by Gasteiger charge is -2.31. The van der Waals surface area contributed by atoms with Gasteiger partial charge in [0.05, 0.1) is 17.6 Å². The fraction of sp³-hybridized carbons (Fsp3) is 0.632. The summed E-state index contributed by atoms with van der Waals surface area (Å²) in [6, 6.07) is 4.61. The minimum atomic E-state index is -3.62. The molecule has 0 unspecified atom stereocenters. The number of carbonyl (C=O) groups excluding carboxylic acids is 1. The molecule has 8 heteroatoms. The summed E-state index contributed by atoms with van der Waals surface area (Å²) in [6.07, 6.45) is 4.21. The van der Waals surface area contributed by atoms with Gasteiger partial charge in [-0.1, -0.05) is 12.8 Å². The quantitative estimate of drug-likeness (QED) is 0.775. The van der Waals surface area contributed by atoms with Gasteiger partial charge in [-0.2, -0.15) is 4.31 Å².